The highest BCUT2D eigenvalue weighted by Gasteiger charge is 2.47. The van der Waals surface area contributed by atoms with Gasteiger partial charge in [0, 0.05) is 22.2 Å². The van der Waals surface area contributed by atoms with E-state index >= 15 is 0 Å². The summed E-state index contributed by atoms with van der Waals surface area (Å²) in [5.74, 6) is 0. The van der Waals surface area contributed by atoms with Crippen LogP contribution in [0.15, 0.2) is 261 Å². The molecule has 69 heavy (non-hydrogen) atoms. The highest BCUT2D eigenvalue weighted by atomic mass is 15.1. The van der Waals surface area contributed by atoms with Crippen LogP contribution in [0.5, 0.6) is 0 Å². The molecule has 0 fully saturated rings. The van der Waals surface area contributed by atoms with Crippen molar-refractivity contribution in [2.75, 3.05) is 4.90 Å². The zero-order valence-electron chi connectivity index (χ0n) is 38.8. The fourth-order valence-corrected chi connectivity index (χ4v) is 12.0. The largest absolute Gasteiger partial charge is 0.310 e. The molecular weight excluding hydrogens is 831 g/mol. The molecule has 326 valence electrons. The molecule has 0 aromatic heterocycles. The lowest BCUT2D eigenvalue weighted by molar-refractivity contribution is 0.660. The lowest BCUT2D eigenvalue weighted by atomic mass is 9.67. The molecule has 1 heteroatoms. The van der Waals surface area contributed by atoms with Crippen molar-refractivity contribution in [2.45, 2.75) is 24.7 Å². The van der Waals surface area contributed by atoms with Crippen LogP contribution in [0.25, 0.3) is 66.4 Å². The summed E-state index contributed by atoms with van der Waals surface area (Å²) >= 11 is 0. The molecular formula is C68H49N. The first-order valence-electron chi connectivity index (χ1n) is 24.2. The van der Waals surface area contributed by atoms with Gasteiger partial charge in [0.1, 0.15) is 0 Å². The van der Waals surface area contributed by atoms with Gasteiger partial charge in [0.2, 0.25) is 0 Å². The van der Waals surface area contributed by atoms with Gasteiger partial charge in [-0.1, -0.05) is 244 Å². The van der Waals surface area contributed by atoms with Crippen LogP contribution in [0, 0.1) is 0 Å². The first-order chi connectivity index (χ1) is 34.0. The van der Waals surface area contributed by atoms with Crippen LogP contribution in [-0.2, 0) is 10.8 Å². The second-order valence-corrected chi connectivity index (χ2v) is 19.2. The minimum absolute atomic E-state index is 0.139. The van der Waals surface area contributed by atoms with E-state index < -0.39 is 5.41 Å². The Bertz CT molecular complexity index is 3720. The molecule has 2 aliphatic carbocycles. The molecule has 1 nitrogen and oxygen atoms in total. The number of hydrogen-bond donors (Lipinski definition) is 0. The molecule has 0 bridgehead atoms. The van der Waals surface area contributed by atoms with Gasteiger partial charge in [-0.25, -0.2) is 0 Å². The summed E-state index contributed by atoms with van der Waals surface area (Å²) < 4.78 is 0. The Balaban J connectivity index is 1.01. The number of anilines is 3. The Morgan fingerprint density at radius 3 is 1.48 bits per heavy atom. The van der Waals surface area contributed by atoms with Gasteiger partial charge in [0.15, 0.2) is 0 Å². The Morgan fingerprint density at radius 1 is 0.290 bits per heavy atom. The van der Waals surface area contributed by atoms with Gasteiger partial charge in [-0.05, 0) is 125 Å². The molecule has 0 spiro atoms. The molecule has 11 aromatic carbocycles. The number of rotatable bonds is 8. The highest BCUT2D eigenvalue weighted by molar-refractivity contribution is 6.09. The lowest BCUT2D eigenvalue weighted by Crippen LogP contribution is -2.28. The predicted molar refractivity (Wildman–Crippen MR) is 290 cm³/mol. The number of nitrogens with zero attached hydrogens (tertiary/aromatic N) is 1. The van der Waals surface area contributed by atoms with Crippen molar-refractivity contribution in [1.29, 1.82) is 0 Å². The second kappa shape index (κ2) is 16.1. The van der Waals surface area contributed by atoms with E-state index in [1.54, 1.807) is 0 Å². The average molecular weight is 880 g/mol. The molecule has 0 aliphatic heterocycles. The average Bonchev–Trinajstić information content (AvgIpc) is 3.85. The summed E-state index contributed by atoms with van der Waals surface area (Å²) in [6.45, 7) is 4.74. The van der Waals surface area contributed by atoms with Gasteiger partial charge in [-0.15, -0.1) is 0 Å². The van der Waals surface area contributed by atoms with Crippen molar-refractivity contribution < 1.29 is 0 Å². The van der Waals surface area contributed by atoms with E-state index in [9.17, 15) is 0 Å². The monoisotopic (exact) mass is 879 g/mol. The van der Waals surface area contributed by atoms with E-state index in [4.69, 9.17) is 0 Å². The molecule has 0 N–H and O–H groups in total. The van der Waals surface area contributed by atoms with Crippen molar-refractivity contribution in [3.63, 3.8) is 0 Å². The highest BCUT2D eigenvalue weighted by Crippen LogP contribution is 2.59. The molecule has 13 rings (SSSR count). The molecule has 1 unspecified atom stereocenters. The Morgan fingerprint density at radius 2 is 0.768 bits per heavy atom. The summed E-state index contributed by atoms with van der Waals surface area (Å²) in [5, 5.41) is 2.41. The van der Waals surface area contributed by atoms with Crippen molar-refractivity contribution in [3.05, 3.63) is 294 Å². The zero-order chi connectivity index (χ0) is 46.1. The van der Waals surface area contributed by atoms with Crippen molar-refractivity contribution in [2.24, 2.45) is 0 Å². The quantitative estimate of drug-likeness (QED) is 0.147. The van der Waals surface area contributed by atoms with E-state index in [0.717, 1.165) is 17.1 Å². The summed E-state index contributed by atoms with van der Waals surface area (Å²) in [7, 11) is 0. The number of fused-ring (bicyclic) bond motifs is 7. The van der Waals surface area contributed by atoms with E-state index in [2.05, 4.69) is 280 Å². The fourth-order valence-electron chi connectivity index (χ4n) is 12.0. The maximum atomic E-state index is 2.48. The van der Waals surface area contributed by atoms with Crippen LogP contribution >= 0.6 is 0 Å². The van der Waals surface area contributed by atoms with E-state index in [1.807, 2.05) is 0 Å². The van der Waals surface area contributed by atoms with Crippen molar-refractivity contribution in [1.82, 2.24) is 0 Å². The summed E-state index contributed by atoms with van der Waals surface area (Å²) in [4.78, 5) is 2.48. The van der Waals surface area contributed by atoms with Gasteiger partial charge in [0.25, 0.3) is 0 Å². The standard InChI is InChI=1S/C68H49N/c1-67(2)61-31-14-12-25-56(61)57-44-43-53(45-64(57)67)69(52-41-37-49(38-42-52)47-21-8-4-9-22-47)65-34-18-28-54-55(27-16-29-58(54)65)59-30-17-33-63-66(59)60-26-13-15-32-62(60)68(63,50-23-10-5-11-24-50)51-39-35-48(36-40-51)46-19-6-3-7-20-46/h3-45H,1-2H3. The molecule has 0 heterocycles. The van der Waals surface area contributed by atoms with Gasteiger partial charge in [0.05, 0.1) is 11.1 Å². The topological polar surface area (TPSA) is 3.24 Å². The zero-order valence-corrected chi connectivity index (χ0v) is 38.8. The van der Waals surface area contributed by atoms with Gasteiger partial charge in [-0.2, -0.15) is 0 Å². The van der Waals surface area contributed by atoms with Gasteiger partial charge >= 0.3 is 0 Å². The lowest BCUT2D eigenvalue weighted by Gasteiger charge is -2.34. The molecule has 0 amide bonds. The van der Waals surface area contributed by atoms with Crippen LogP contribution in [-0.4, -0.2) is 0 Å². The normalized spacial score (nSPS) is 15.0. The Kier molecular flexibility index (Phi) is 9.49. The first kappa shape index (κ1) is 40.7. The smallest absolute Gasteiger partial charge is 0.0713 e. The second-order valence-electron chi connectivity index (χ2n) is 19.2. The molecule has 11 aromatic rings. The number of benzene rings is 11. The molecule has 1 atom stereocenters. The minimum atomic E-state index is -0.530. The third-order valence-corrected chi connectivity index (χ3v) is 15.2. The first-order valence-corrected chi connectivity index (χ1v) is 24.2. The third-order valence-electron chi connectivity index (χ3n) is 15.2. The maximum Gasteiger partial charge on any atom is 0.0713 e. The molecule has 0 saturated heterocycles. The van der Waals surface area contributed by atoms with Crippen molar-refractivity contribution >= 4 is 27.8 Å². The van der Waals surface area contributed by atoms with Crippen LogP contribution < -0.4 is 4.90 Å². The molecule has 0 saturated carbocycles. The minimum Gasteiger partial charge on any atom is -0.310 e. The van der Waals surface area contributed by atoms with Crippen LogP contribution in [0.3, 0.4) is 0 Å². The Hall–Kier alpha value is -8.52. The fraction of sp³-hybridized carbons (Fsp3) is 0.0588. The summed E-state index contributed by atoms with van der Waals surface area (Å²) in [6.07, 6.45) is 0. The maximum absolute atomic E-state index is 2.48. The van der Waals surface area contributed by atoms with E-state index in [-0.39, 0.29) is 5.41 Å². The van der Waals surface area contributed by atoms with Crippen LogP contribution in [0.4, 0.5) is 17.1 Å². The van der Waals surface area contributed by atoms with Gasteiger partial charge < -0.3 is 4.90 Å². The van der Waals surface area contributed by atoms with E-state index in [1.165, 1.54) is 99.8 Å². The predicted octanol–water partition coefficient (Wildman–Crippen LogP) is 18.0. The Labute approximate surface area is 405 Å². The molecule has 2 aliphatic rings. The van der Waals surface area contributed by atoms with Gasteiger partial charge in [-0.3, -0.25) is 0 Å². The summed E-state index contributed by atoms with van der Waals surface area (Å²) in [5.41, 5.74) is 23.1. The van der Waals surface area contributed by atoms with E-state index in [0.29, 0.717) is 0 Å². The van der Waals surface area contributed by atoms with Crippen molar-refractivity contribution in [3.8, 4) is 55.6 Å². The summed E-state index contributed by atoms with van der Waals surface area (Å²) in [6, 6.07) is 96.8. The SMILES string of the molecule is CC1(C)c2ccccc2-c2ccc(N(c3ccc(-c4ccccc4)cc3)c3cccc4c(-c5cccc6c5-c5ccccc5C6(c5ccccc5)c5ccc(-c6ccccc6)cc5)cccc34)cc21. The molecule has 0 radical (unpaired) electrons. The van der Waals surface area contributed by atoms with Crippen LogP contribution in [0.2, 0.25) is 0 Å². The van der Waals surface area contributed by atoms with Crippen LogP contribution in [0.1, 0.15) is 47.2 Å². The number of hydrogen-bond acceptors (Lipinski definition) is 1. The third kappa shape index (κ3) is 6.31.